The lowest BCUT2D eigenvalue weighted by Gasteiger charge is -2.50. The Morgan fingerprint density at radius 2 is 1.34 bits per heavy atom. The summed E-state index contributed by atoms with van der Waals surface area (Å²) in [5, 5.41) is 19.5. The summed E-state index contributed by atoms with van der Waals surface area (Å²) in [6, 6.07) is 0. The number of rotatable bonds is 10. The molecule has 3 aliphatic heterocycles. The van der Waals surface area contributed by atoms with E-state index in [2.05, 4.69) is 42.8 Å². The summed E-state index contributed by atoms with van der Waals surface area (Å²) < 4.78 is 17.3. The Bertz CT molecular complexity index is 775. The Morgan fingerprint density at radius 3 is 1.91 bits per heavy atom. The van der Waals surface area contributed by atoms with Gasteiger partial charge >= 0.3 is 0 Å². The van der Waals surface area contributed by atoms with Gasteiger partial charge in [0.05, 0.1) is 19.8 Å². The molecular formula is C27H36O5. The second-order valence-corrected chi connectivity index (χ2v) is 8.37. The minimum absolute atomic E-state index is 0.00314. The molecule has 2 unspecified atom stereocenters. The molecule has 174 valence electrons. The van der Waals surface area contributed by atoms with Crippen LogP contribution in [-0.4, -0.2) is 48.2 Å². The third-order valence-electron chi connectivity index (χ3n) is 5.02. The van der Waals surface area contributed by atoms with Gasteiger partial charge in [-0.25, -0.2) is 0 Å². The summed E-state index contributed by atoms with van der Waals surface area (Å²) in [5.41, 5.74) is -0.00314. The monoisotopic (exact) mass is 440 g/mol. The summed E-state index contributed by atoms with van der Waals surface area (Å²) in [7, 11) is 0. The van der Waals surface area contributed by atoms with E-state index in [4.69, 9.17) is 14.2 Å². The molecule has 0 spiro atoms. The van der Waals surface area contributed by atoms with Gasteiger partial charge in [-0.15, -0.1) is 0 Å². The first-order valence-electron chi connectivity index (χ1n) is 11.4. The van der Waals surface area contributed by atoms with E-state index in [0.29, 0.717) is 39.1 Å². The first-order chi connectivity index (χ1) is 15.5. The molecule has 0 saturated carbocycles. The first-order valence-corrected chi connectivity index (χ1v) is 11.4. The Hall–Kier alpha value is -2.12. The van der Waals surface area contributed by atoms with Crippen molar-refractivity contribution in [2.24, 2.45) is 5.41 Å². The third kappa shape index (κ3) is 10.0. The summed E-state index contributed by atoms with van der Waals surface area (Å²) in [6.45, 7) is 6.22. The lowest BCUT2D eigenvalue weighted by molar-refractivity contribution is -0.467. The molecule has 3 aliphatic rings. The van der Waals surface area contributed by atoms with E-state index in [9.17, 15) is 10.2 Å². The zero-order valence-corrected chi connectivity index (χ0v) is 19.3. The van der Waals surface area contributed by atoms with Gasteiger partial charge in [0.15, 0.2) is 0 Å². The van der Waals surface area contributed by atoms with Crippen LogP contribution in [0.25, 0.3) is 0 Å². The van der Waals surface area contributed by atoms with E-state index in [1.807, 2.05) is 31.2 Å². The number of fused-ring (bicyclic) bond motifs is 3. The Kier molecular flexibility index (Phi) is 11.5. The highest BCUT2D eigenvalue weighted by molar-refractivity contribution is 5.27. The minimum Gasteiger partial charge on any atom is -0.380 e. The van der Waals surface area contributed by atoms with Crippen LogP contribution in [0.3, 0.4) is 0 Å². The van der Waals surface area contributed by atoms with Gasteiger partial charge in [-0.1, -0.05) is 74.0 Å². The lowest BCUT2D eigenvalue weighted by Crippen LogP contribution is -2.58. The molecule has 32 heavy (non-hydrogen) atoms. The van der Waals surface area contributed by atoms with Crippen LogP contribution in [0.5, 0.6) is 0 Å². The lowest BCUT2D eigenvalue weighted by atomic mass is 9.91. The summed E-state index contributed by atoms with van der Waals surface area (Å²) >= 11 is 0. The van der Waals surface area contributed by atoms with Crippen molar-refractivity contribution in [3.63, 3.8) is 0 Å². The van der Waals surface area contributed by atoms with Crippen molar-refractivity contribution in [2.75, 3.05) is 19.8 Å². The van der Waals surface area contributed by atoms with Crippen molar-refractivity contribution < 1.29 is 24.4 Å². The van der Waals surface area contributed by atoms with E-state index in [-0.39, 0.29) is 5.41 Å². The Labute approximate surface area is 192 Å². The molecule has 5 nitrogen and oxygen atoms in total. The molecule has 2 atom stereocenters. The van der Waals surface area contributed by atoms with Crippen molar-refractivity contribution in [2.45, 2.75) is 70.6 Å². The Balaban J connectivity index is 1.55. The molecule has 0 amide bonds. The van der Waals surface area contributed by atoms with Gasteiger partial charge in [-0.2, -0.15) is 0 Å². The highest BCUT2D eigenvalue weighted by Gasteiger charge is 2.49. The fourth-order valence-corrected chi connectivity index (χ4v) is 3.07. The number of ether oxygens (including phenoxy) is 3. The van der Waals surface area contributed by atoms with Gasteiger partial charge in [0.2, 0.25) is 0 Å². The normalized spacial score (nSPS) is 27.0. The molecule has 5 heteroatoms. The van der Waals surface area contributed by atoms with E-state index >= 15 is 0 Å². The average Bonchev–Trinajstić information content (AvgIpc) is 2.79. The molecule has 0 radical (unpaired) electrons. The molecule has 2 N–H and O–H groups in total. The van der Waals surface area contributed by atoms with Crippen molar-refractivity contribution >= 4 is 0 Å². The molecule has 3 fully saturated rings. The highest BCUT2D eigenvalue weighted by Crippen LogP contribution is 2.40. The molecule has 0 aromatic heterocycles. The molecule has 3 heterocycles. The van der Waals surface area contributed by atoms with Crippen LogP contribution >= 0.6 is 0 Å². The number of aliphatic hydroxyl groups is 2. The zero-order chi connectivity index (χ0) is 23.1. The van der Waals surface area contributed by atoms with Gasteiger partial charge in [-0.3, -0.25) is 0 Å². The molecule has 3 saturated heterocycles. The molecule has 2 bridgehead atoms. The van der Waals surface area contributed by atoms with Gasteiger partial charge in [0.1, 0.15) is 12.2 Å². The zero-order valence-electron chi connectivity index (χ0n) is 19.3. The van der Waals surface area contributed by atoms with Crippen LogP contribution in [0.2, 0.25) is 0 Å². The van der Waals surface area contributed by atoms with Gasteiger partial charge in [0, 0.05) is 24.7 Å². The van der Waals surface area contributed by atoms with E-state index in [1.54, 1.807) is 12.2 Å². The molecule has 0 aromatic rings. The quantitative estimate of drug-likeness (QED) is 0.396. The molecule has 3 rings (SSSR count). The average molecular weight is 441 g/mol. The number of hydrogen-bond acceptors (Lipinski definition) is 5. The Morgan fingerprint density at radius 1 is 0.812 bits per heavy atom. The fourth-order valence-electron chi connectivity index (χ4n) is 3.07. The highest BCUT2D eigenvalue weighted by atomic mass is 16.9. The summed E-state index contributed by atoms with van der Waals surface area (Å²) in [5.74, 6) is 10.1. The van der Waals surface area contributed by atoms with Crippen molar-refractivity contribution in [1.29, 1.82) is 0 Å². The van der Waals surface area contributed by atoms with E-state index in [1.165, 1.54) is 0 Å². The van der Waals surface area contributed by atoms with Crippen molar-refractivity contribution in [3.8, 4) is 23.7 Å². The maximum Gasteiger partial charge on any atom is 0.283 e. The van der Waals surface area contributed by atoms with Gasteiger partial charge in [-0.05, 0) is 31.4 Å². The molecule has 0 aromatic carbocycles. The topological polar surface area (TPSA) is 68.2 Å². The second kappa shape index (κ2) is 14.1. The predicted octanol–water partition coefficient (Wildman–Crippen LogP) is 4.04. The third-order valence-corrected chi connectivity index (χ3v) is 5.02. The second-order valence-electron chi connectivity index (χ2n) is 8.37. The number of hydrogen-bond donors (Lipinski definition) is 2. The van der Waals surface area contributed by atoms with E-state index in [0.717, 1.165) is 19.3 Å². The largest absolute Gasteiger partial charge is 0.380 e. The van der Waals surface area contributed by atoms with Crippen LogP contribution in [-0.2, 0) is 14.2 Å². The molecule has 0 aliphatic carbocycles. The predicted molar refractivity (Wildman–Crippen MR) is 126 cm³/mol. The van der Waals surface area contributed by atoms with Crippen LogP contribution in [0.15, 0.2) is 48.6 Å². The SMILES string of the molecule is CCC=CCC(O)C#CC=CC#CC(O)CC=CCC=CCCC12OCC(C)(CO1)CO2. The number of aliphatic hydroxyl groups excluding tert-OH is 2. The van der Waals surface area contributed by atoms with Crippen LogP contribution in [0.4, 0.5) is 0 Å². The summed E-state index contributed by atoms with van der Waals surface area (Å²) in [6.07, 6.45) is 18.0. The van der Waals surface area contributed by atoms with Crippen LogP contribution in [0, 0.1) is 29.1 Å². The van der Waals surface area contributed by atoms with Gasteiger partial charge in [0.25, 0.3) is 5.97 Å². The standard InChI is InChI=1S/C27H36O5/c1-3-4-11-16-24(28)18-13-8-9-14-19-25(29)17-12-7-5-6-10-15-20-27-30-21-26(2,22-31-27)23-32-27/h4,6-12,24-25,28-29H,3,5,15-17,20-23H2,1-2H3. The van der Waals surface area contributed by atoms with Crippen LogP contribution < -0.4 is 0 Å². The van der Waals surface area contributed by atoms with Crippen molar-refractivity contribution in [1.82, 2.24) is 0 Å². The molecular weight excluding hydrogens is 404 g/mol. The summed E-state index contributed by atoms with van der Waals surface area (Å²) in [4.78, 5) is 0. The minimum atomic E-state index is -0.855. The maximum absolute atomic E-state index is 9.87. The smallest absolute Gasteiger partial charge is 0.283 e. The van der Waals surface area contributed by atoms with Crippen LogP contribution in [0.1, 0.15) is 52.4 Å². The fraction of sp³-hybridized carbons (Fsp3) is 0.556. The first kappa shape index (κ1) is 26.1. The maximum atomic E-state index is 9.87. The number of allylic oxidation sites excluding steroid dienone is 6. The van der Waals surface area contributed by atoms with E-state index < -0.39 is 18.2 Å². The van der Waals surface area contributed by atoms with Gasteiger partial charge < -0.3 is 24.4 Å². The van der Waals surface area contributed by atoms with Crippen molar-refractivity contribution in [3.05, 3.63) is 48.6 Å².